The van der Waals surface area contributed by atoms with Crippen LogP contribution < -0.4 is 10.0 Å². The second-order valence-electron chi connectivity index (χ2n) is 5.18. The lowest BCUT2D eigenvalue weighted by molar-refractivity contribution is 0.0922. The molecule has 0 aromatic heterocycles. The summed E-state index contributed by atoms with van der Waals surface area (Å²) in [6.07, 6.45) is 1.59. The largest absolute Gasteiger partial charge is 0.388 e. The molecule has 0 amide bonds. The van der Waals surface area contributed by atoms with Crippen molar-refractivity contribution < 1.29 is 13.5 Å². The van der Waals surface area contributed by atoms with E-state index in [1.807, 2.05) is 0 Å². The average molecular weight is 298 g/mol. The maximum Gasteiger partial charge on any atom is 0.232 e. The third-order valence-electron chi connectivity index (χ3n) is 3.69. The second-order valence-corrected chi connectivity index (χ2v) is 7.19. The van der Waals surface area contributed by atoms with Crippen LogP contribution in [0.2, 0.25) is 0 Å². The first-order valence-electron chi connectivity index (χ1n) is 7.01. The van der Waals surface area contributed by atoms with Gasteiger partial charge in [0.2, 0.25) is 10.0 Å². The van der Waals surface area contributed by atoms with Crippen molar-refractivity contribution in [2.75, 3.05) is 23.6 Å². The minimum Gasteiger partial charge on any atom is -0.388 e. The van der Waals surface area contributed by atoms with Gasteiger partial charge in [-0.1, -0.05) is 12.1 Å². The molecule has 0 aliphatic carbocycles. The van der Waals surface area contributed by atoms with Gasteiger partial charge in [-0.25, -0.2) is 8.42 Å². The van der Waals surface area contributed by atoms with Gasteiger partial charge in [-0.3, -0.25) is 4.72 Å². The van der Waals surface area contributed by atoms with Gasteiger partial charge in [0.1, 0.15) is 0 Å². The Kier molecular flexibility index (Phi) is 5.01. The van der Waals surface area contributed by atoms with Gasteiger partial charge in [-0.2, -0.15) is 0 Å². The molecule has 112 valence electrons. The van der Waals surface area contributed by atoms with Crippen molar-refractivity contribution >= 4 is 15.7 Å². The Labute approximate surface area is 120 Å². The SMILES string of the molecule is CCS(=O)(=O)Nc1ccc(C(O)C2CCCNC2)cc1. The second kappa shape index (κ2) is 6.56. The third-order valence-corrected chi connectivity index (χ3v) is 4.99. The molecule has 2 unspecified atom stereocenters. The van der Waals surface area contributed by atoms with Gasteiger partial charge in [0.05, 0.1) is 11.9 Å². The highest BCUT2D eigenvalue weighted by Crippen LogP contribution is 2.27. The highest BCUT2D eigenvalue weighted by atomic mass is 32.2. The molecule has 0 saturated carbocycles. The summed E-state index contributed by atoms with van der Waals surface area (Å²) < 4.78 is 25.4. The molecule has 5 nitrogen and oxygen atoms in total. The van der Waals surface area contributed by atoms with E-state index in [2.05, 4.69) is 10.0 Å². The van der Waals surface area contributed by atoms with Crippen LogP contribution in [0.3, 0.4) is 0 Å². The molecule has 1 heterocycles. The Morgan fingerprint density at radius 1 is 1.40 bits per heavy atom. The molecule has 2 rings (SSSR count). The van der Waals surface area contributed by atoms with Gasteiger partial charge in [0.25, 0.3) is 0 Å². The zero-order chi connectivity index (χ0) is 14.6. The number of rotatable bonds is 5. The van der Waals surface area contributed by atoms with Crippen molar-refractivity contribution in [1.82, 2.24) is 5.32 Å². The number of benzene rings is 1. The van der Waals surface area contributed by atoms with Gasteiger partial charge in [-0.05, 0) is 44.0 Å². The minimum absolute atomic E-state index is 0.0467. The summed E-state index contributed by atoms with van der Waals surface area (Å²) in [5, 5.41) is 13.6. The molecule has 6 heteroatoms. The van der Waals surface area contributed by atoms with Crippen molar-refractivity contribution in [2.24, 2.45) is 5.92 Å². The van der Waals surface area contributed by atoms with E-state index in [1.54, 1.807) is 31.2 Å². The standard InChI is InChI=1S/C14H22N2O3S/c1-2-20(18,19)16-13-7-5-11(6-8-13)14(17)12-4-3-9-15-10-12/h5-8,12,14-17H,2-4,9-10H2,1H3. The zero-order valence-electron chi connectivity index (χ0n) is 11.7. The highest BCUT2D eigenvalue weighted by molar-refractivity contribution is 7.92. The van der Waals surface area contributed by atoms with Crippen LogP contribution in [0.25, 0.3) is 0 Å². The summed E-state index contributed by atoms with van der Waals surface area (Å²) in [4.78, 5) is 0. The normalized spacial score (nSPS) is 21.4. The Bertz CT molecular complexity index is 522. The fourth-order valence-electron chi connectivity index (χ4n) is 2.42. The van der Waals surface area contributed by atoms with E-state index in [9.17, 15) is 13.5 Å². The van der Waals surface area contributed by atoms with Crippen molar-refractivity contribution in [1.29, 1.82) is 0 Å². The Balaban J connectivity index is 2.03. The van der Waals surface area contributed by atoms with E-state index in [-0.39, 0.29) is 11.7 Å². The van der Waals surface area contributed by atoms with Crippen LogP contribution in [0.1, 0.15) is 31.4 Å². The van der Waals surface area contributed by atoms with Crippen LogP contribution in [0.5, 0.6) is 0 Å². The number of hydrogen-bond donors (Lipinski definition) is 3. The quantitative estimate of drug-likeness (QED) is 0.769. The number of aliphatic hydroxyl groups excluding tert-OH is 1. The summed E-state index contributed by atoms with van der Waals surface area (Å²) >= 11 is 0. The molecule has 1 aromatic rings. The first-order valence-corrected chi connectivity index (χ1v) is 8.66. The molecule has 0 radical (unpaired) electrons. The fourth-order valence-corrected chi connectivity index (χ4v) is 3.06. The van der Waals surface area contributed by atoms with Crippen LogP contribution in [0.4, 0.5) is 5.69 Å². The zero-order valence-corrected chi connectivity index (χ0v) is 12.5. The number of aliphatic hydroxyl groups is 1. The highest BCUT2D eigenvalue weighted by Gasteiger charge is 2.22. The van der Waals surface area contributed by atoms with Gasteiger partial charge in [-0.15, -0.1) is 0 Å². The number of sulfonamides is 1. The molecule has 1 fully saturated rings. The van der Waals surface area contributed by atoms with E-state index in [0.717, 1.165) is 31.5 Å². The molecule has 0 bridgehead atoms. The summed E-state index contributed by atoms with van der Waals surface area (Å²) in [5.41, 5.74) is 1.36. The van der Waals surface area contributed by atoms with Crippen molar-refractivity contribution in [3.63, 3.8) is 0 Å². The topological polar surface area (TPSA) is 78.4 Å². The van der Waals surface area contributed by atoms with Crippen molar-refractivity contribution in [3.05, 3.63) is 29.8 Å². The van der Waals surface area contributed by atoms with E-state index < -0.39 is 16.1 Å². The van der Waals surface area contributed by atoms with Crippen LogP contribution >= 0.6 is 0 Å². The lowest BCUT2D eigenvalue weighted by Crippen LogP contribution is -2.33. The van der Waals surface area contributed by atoms with Crippen LogP contribution in [-0.4, -0.2) is 32.4 Å². The smallest absolute Gasteiger partial charge is 0.232 e. The molecule has 2 atom stereocenters. The summed E-state index contributed by atoms with van der Waals surface area (Å²) in [6, 6.07) is 6.96. The molecular formula is C14H22N2O3S. The molecule has 0 spiro atoms. The van der Waals surface area contributed by atoms with E-state index in [1.165, 1.54) is 0 Å². The predicted molar refractivity (Wildman–Crippen MR) is 80.1 cm³/mol. The Morgan fingerprint density at radius 3 is 2.65 bits per heavy atom. The first-order chi connectivity index (χ1) is 9.52. The van der Waals surface area contributed by atoms with Crippen molar-refractivity contribution in [3.8, 4) is 0 Å². The lowest BCUT2D eigenvalue weighted by Gasteiger charge is -2.27. The summed E-state index contributed by atoms with van der Waals surface area (Å²) in [6.45, 7) is 3.43. The first kappa shape index (κ1) is 15.3. The number of piperidine rings is 1. The average Bonchev–Trinajstić information content (AvgIpc) is 2.48. The minimum atomic E-state index is -3.25. The van der Waals surface area contributed by atoms with Gasteiger partial charge < -0.3 is 10.4 Å². The van der Waals surface area contributed by atoms with Crippen LogP contribution in [0.15, 0.2) is 24.3 Å². The molecular weight excluding hydrogens is 276 g/mol. The molecule has 1 saturated heterocycles. The Hall–Kier alpha value is -1.11. The third kappa shape index (κ3) is 3.94. The van der Waals surface area contributed by atoms with E-state index >= 15 is 0 Å². The van der Waals surface area contributed by atoms with Gasteiger partial charge in [0.15, 0.2) is 0 Å². The predicted octanol–water partition coefficient (Wildman–Crippen LogP) is 1.48. The summed E-state index contributed by atoms with van der Waals surface area (Å²) in [7, 11) is -3.25. The van der Waals surface area contributed by atoms with E-state index in [0.29, 0.717) is 5.69 Å². The molecule has 1 aliphatic heterocycles. The number of anilines is 1. The number of nitrogens with one attached hydrogen (secondary N) is 2. The van der Waals surface area contributed by atoms with E-state index in [4.69, 9.17) is 0 Å². The van der Waals surface area contributed by atoms with Crippen LogP contribution in [-0.2, 0) is 10.0 Å². The Morgan fingerprint density at radius 2 is 2.10 bits per heavy atom. The van der Waals surface area contributed by atoms with Crippen molar-refractivity contribution in [2.45, 2.75) is 25.9 Å². The van der Waals surface area contributed by atoms with Gasteiger partial charge in [0, 0.05) is 18.2 Å². The summed E-state index contributed by atoms with van der Waals surface area (Å²) in [5.74, 6) is 0.271. The molecule has 1 aliphatic rings. The van der Waals surface area contributed by atoms with Gasteiger partial charge >= 0.3 is 0 Å². The molecule has 3 N–H and O–H groups in total. The number of hydrogen-bond acceptors (Lipinski definition) is 4. The van der Waals surface area contributed by atoms with Crippen LogP contribution in [0, 0.1) is 5.92 Å². The molecule has 20 heavy (non-hydrogen) atoms. The maximum atomic E-state index is 11.5. The molecule has 1 aromatic carbocycles. The monoisotopic (exact) mass is 298 g/mol. The fraction of sp³-hybridized carbons (Fsp3) is 0.571. The maximum absolute atomic E-state index is 11.5. The lowest BCUT2D eigenvalue weighted by atomic mass is 9.89.